The number of esters is 1. The van der Waals surface area contributed by atoms with E-state index in [1.165, 1.54) is 6.92 Å². The van der Waals surface area contributed by atoms with Crippen molar-refractivity contribution < 1.29 is 19.1 Å². The second kappa shape index (κ2) is 5.65. The number of fused-ring (bicyclic) bond motifs is 5. The fraction of sp³-hybridized carbons (Fsp3) is 0.857. The minimum Gasteiger partial charge on any atom is -0.463 e. The third-order valence-electron chi connectivity index (χ3n) is 8.46. The molecule has 25 heavy (non-hydrogen) atoms. The minimum atomic E-state index is -0.255. The van der Waals surface area contributed by atoms with Gasteiger partial charge in [0.25, 0.3) is 0 Å². The van der Waals surface area contributed by atoms with Crippen LogP contribution in [0.1, 0.15) is 72.1 Å². The number of carbonyl (C=O) groups excluding carboxylic acids is 3. The molecule has 0 spiro atoms. The molecular weight excluding hydrogens is 316 g/mol. The molecule has 0 N–H and O–H groups in total. The molecule has 4 aliphatic carbocycles. The van der Waals surface area contributed by atoms with E-state index in [1.807, 2.05) is 0 Å². The van der Waals surface area contributed by atoms with Gasteiger partial charge in [-0.1, -0.05) is 13.8 Å². The van der Waals surface area contributed by atoms with Gasteiger partial charge in [0, 0.05) is 31.1 Å². The average molecular weight is 346 g/mol. The van der Waals surface area contributed by atoms with Gasteiger partial charge in [-0.15, -0.1) is 0 Å². The molecule has 138 valence electrons. The molecule has 4 aliphatic rings. The van der Waals surface area contributed by atoms with Crippen LogP contribution in [-0.4, -0.2) is 23.6 Å². The van der Waals surface area contributed by atoms with Crippen LogP contribution in [0.3, 0.4) is 0 Å². The number of ether oxygens (including phenoxy) is 1. The largest absolute Gasteiger partial charge is 0.463 e. The van der Waals surface area contributed by atoms with Crippen molar-refractivity contribution in [2.24, 2.45) is 34.5 Å². The molecule has 7 atom stereocenters. The Hall–Kier alpha value is -1.19. The summed E-state index contributed by atoms with van der Waals surface area (Å²) in [5.41, 5.74) is -0.100. The van der Waals surface area contributed by atoms with Crippen LogP contribution in [0.2, 0.25) is 0 Å². The van der Waals surface area contributed by atoms with Crippen LogP contribution in [0.25, 0.3) is 0 Å². The van der Waals surface area contributed by atoms with Gasteiger partial charge in [0.05, 0.1) is 0 Å². The van der Waals surface area contributed by atoms with Gasteiger partial charge in [0.1, 0.15) is 17.7 Å². The second-order valence-corrected chi connectivity index (χ2v) is 9.54. The quantitative estimate of drug-likeness (QED) is 0.679. The van der Waals surface area contributed by atoms with Gasteiger partial charge >= 0.3 is 5.97 Å². The highest BCUT2D eigenvalue weighted by atomic mass is 16.5. The Bertz CT molecular complexity index is 625. The monoisotopic (exact) mass is 346 g/mol. The molecule has 4 rings (SSSR count). The Morgan fingerprint density at radius 3 is 2.56 bits per heavy atom. The number of hydrogen-bond donors (Lipinski definition) is 0. The molecule has 4 fully saturated rings. The molecule has 4 saturated carbocycles. The lowest BCUT2D eigenvalue weighted by Crippen LogP contribution is -2.57. The zero-order valence-electron chi connectivity index (χ0n) is 15.7. The summed E-state index contributed by atoms with van der Waals surface area (Å²) in [6.45, 7) is 5.95. The van der Waals surface area contributed by atoms with Crippen LogP contribution in [0.15, 0.2) is 0 Å². The summed E-state index contributed by atoms with van der Waals surface area (Å²) in [7, 11) is 0. The van der Waals surface area contributed by atoms with Crippen LogP contribution in [0, 0.1) is 34.5 Å². The lowest BCUT2D eigenvalue weighted by Gasteiger charge is -2.59. The van der Waals surface area contributed by atoms with Crippen LogP contribution in [0.4, 0.5) is 0 Å². The van der Waals surface area contributed by atoms with E-state index in [-0.39, 0.29) is 34.7 Å². The maximum atomic E-state index is 13.1. The van der Waals surface area contributed by atoms with Crippen molar-refractivity contribution in [2.75, 3.05) is 0 Å². The van der Waals surface area contributed by atoms with Crippen LogP contribution >= 0.6 is 0 Å². The molecule has 0 bridgehead atoms. The van der Waals surface area contributed by atoms with Gasteiger partial charge in [-0.05, 0) is 61.7 Å². The fourth-order valence-corrected chi connectivity index (χ4v) is 7.01. The summed E-state index contributed by atoms with van der Waals surface area (Å²) < 4.78 is 5.46. The molecule has 4 heteroatoms. The van der Waals surface area contributed by atoms with Gasteiger partial charge < -0.3 is 4.74 Å². The van der Waals surface area contributed by atoms with E-state index in [0.717, 1.165) is 38.5 Å². The highest BCUT2D eigenvalue weighted by Gasteiger charge is 2.62. The highest BCUT2D eigenvalue weighted by Crippen LogP contribution is 2.64. The van der Waals surface area contributed by atoms with Crippen molar-refractivity contribution in [3.05, 3.63) is 0 Å². The molecule has 0 aromatic rings. The first-order valence-electron chi connectivity index (χ1n) is 9.99. The molecule has 0 aliphatic heterocycles. The van der Waals surface area contributed by atoms with Crippen molar-refractivity contribution in [3.8, 4) is 0 Å². The Morgan fingerprint density at radius 2 is 1.84 bits per heavy atom. The van der Waals surface area contributed by atoms with Crippen LogP contribution in [0.5, 0.6) is 0 Å². The van der Waals surface area contributed by atoms with E-state index in [2.05, 4.69) is 13.8 Å². The smallest absolute Gasteiger partial charge is 0.302 e. The Labute approximate surface area is 150 Å². The normalized spacial score (nSPS) is 49.2. The molecular formula is C21H30O4. The lowest BCUT2D eigenvalue weighted by atomic mass is 9.45. The van der Waals surface area contributed by atoms with Crippen molar-refractivity contribution >= 4 is 17.5 Å². The first-order valence-corrected chi connectivity index (χ1v) is 9.99. The van der Waals surface area contributed by atoms with Crippen molar-refractivity contribution in [3.63, 3.8) is 0 Å². The van der Waals surface area contributed by atoms with E-state index < -0.39 is 0 Å². The number of hydrogen-bond acceptors (Lipinski definition) is 4. The van der Waals surface area contributed by atoms with E-state index in [0.29, 0.717) is 36.2 Å². The zero-order valence-corrected chi connectivity index (χ0v) is 15.7. The highest BCUT2D eigenvalue weighted by molar-refractivity contribution is 5.90. The molecule has 0 saturated heterocycles. The summed E-state index contributed by atoms with van der Waals surface area (Å²) in [6.07, 6.45) is 6.85. The maximum Gasteiger partial charge on any atom is 0.302 e. The van der Waals surface area contributed by atoms with Crippen molar-refractivity contribution in [1.29, 1.82) is 0 Å². The van der Waals surface area contributed by atoms with Gasteiger partial charge in [-0.25, -0.2) is 0 Å². The SMILES string of the molecule is CC(=O)O[C@H]1CC[C@@]2(C)[C@@H](CC(=O)[C@@H]3[C@H]2CC[C@]2(C)C(=O)CC[C@@H]32)C1. The maximum absolute atomic E-state index is 13.1. The summed E-state index contributed by atoms with van der Waals surface area (Å²) in [5, 5.41) is 0. The van der Waals surface area contributed by atoms with Crippen LogP contribution in [-0.2, 0) is 19.1 Å². The number of ketones is 2. The third kappa shape index (κ3) is 2.43. The number of Topliss-reactive ketones (excluding diaryl/α,β-unsaturated/α-hetero) is 2. The van der Waals surface area contributed by atoms with E-state index in [9.17, 15) is 14.4 Å². The summed E-state index contributed by atoms with van der Waals surface area (Å²) >= 11 is 0. The molecule has 0 radical (unpaired) electrons. The minimum absolute atomic E-state index is 0.0261. The Kier molecular flexibility index (Phi) is 3.90. The summed E-state index contributed by atoms with van der Waals surface area (Å²) in [5.74, 6) is 1.61. The molecule has 4 nitrogen and oxygen atoms in total. The predicted molar refractivity (Wildman–Crippen MR) is 92.7 cm³/mol. The number of rotatable bonds is 1. The topological polar surface area (TPSA) is 60.4 Å². The third-order valence-corrected chi connectivity index (χ3v) is 8.46. The standard InChI is InChI=1S/C21H30O4/c1-12(22)25-14-6-8-20(2)13(10-14)11-17(23)19-15-4-5-18(24)21(15,3)9-7-16(19)20/h13-16,19H,4-11H2,1-3H3/t13-,14+,15+,16-,19+,20+,21+/m1/s1. The molecule has 0 aromatic carbocycles. The number of carbonyl (C=O) groups is 3. The molecule has 0 aromatic heterocycles. The van der Waals surface area contributed by atoms with E-state index >= 15 is 0 Å². The second-order valence-electron chi connectivity index (χ2n) is 9.54. The van der Waals surface area contributed by atoms with Gasteiger partial charge in [0.15, 0.2) is 0 Å². The molecule has 0 unspecified atom stereocenters. The van der Waals surface area contributed by atoms with Crippen molar-refractivity contribution in [1.82, 2.24) is 0 Å². The fourth-order valence-electron chi connectivity index (χ4n) is 7.01. The molecule has 0 amide bonds. The van der Waals surface area contributed by atoms with Crippen molar-refractivity contribution in [2.45, 2.75) is 78.2 Å². The first kappa shape index (κ1) is 17.2. The summed E-state index contributed by atoms with van der Waals surface area (Å²) in [4.78, 5) is 36.9. The Balaban J connectivity index is 1.60. The predicted octanol–water partition coefficient (Wildman–Crippen LogP) is 3.71. The van der Waals surface area contributed by atoms with E-state index in [1.54, 1.807) is 0 Å². The average Bonchev–Trinajstić information content (AvgIpc) is 2.84. The molecule has 0 heterocycles. The lowest BCUT2D eigenvalue weighted by molar-refractivity contribution is -0.166. The Morgan fingerprint density at radius 1 is 1.08 bits per heavy atom. The zero-order chi connectivity index (χ0) is 18.0. The van der Waals surface area contributed by atoms with Gasteiger partial charge in [-0.2, -0.15) is 0 Å². The first-order chi connectivity index (χ1) is 11.8. The van der Waals surface area contributed by atoms with Gasteiger partial charge in [-0.3, -0.25) is 14.4 Å². The van der Waals surface area contributed by atoms with Crippen LogP contribution < -0.4 is 0 Å². The van der Waals surface area contributed by atoms with E-state index in [4.69, 9.17) is 4.74 Å². The summed E-state index contributed by atoms with van der Waals surface area (Å²) in [6, 6.07) is 0. The van der Waals surface area contributed by atoms with Gasteiger partial charge in [0.2, 0.25) is 0 Å².